The zero-order valence-electron chi connectivity index (χ0n) is 30.7. The van der Waals surface area contributed by atoms with Gasteiger partial charge in [0.25, 0.3) is 5.91 Å². The normalized spacial score (nSPS) is 21.3. The first kappa shape index (κ1) is 39.4. The van der Waals surface area contributed by atoms with Gasteiger partial charge in [0, 0.05) is 25.5 Å². The Hall–Kier alpha value is -5.84. The van der Waals surface area contributed by atoms with Crippen LogP contribution in [0.15, 0.2) is 69.2 Å². The quantitative estimate of drug-likeness (QED) is 0.231. The Balaban J connectivity index is 1.47. The zero-order valence-corrected chi connectivity index (χ0v) is 31.5. The van der Waals surface area contributed by atoms with Crippen LogP contribution in [0.5, 0.6) is 0 Å². The van der Waals surface area contributed by atoms with Crippen molar-refractivity contribution in [2.75, 3.05) is 26.7 Å². The third-order valence-corrected chi connectivity index (χ3v) is 9.98. The van der Waals surface area contributed by atoms with Crippen LogP contribution in [0.1, 0.15) is 54.8 Å². The van der Waals surface area contributed by atoms with Crippen LogP contribution in [0, 0.1) is 5.92 Å². The molecule has 286 valence electrons. The standard InChI is InChI=1S/C37H44N8O8S/c1-21(2)31-34(50)39-23(4)36(51)43(5)15-16-44(30(47)19-45-27-13-9-10-14-28(27)53-37(45)52)18-29(46)40-25(17-24-11-7-6-8-12-24)35-41-26(20-54-35)33(49)38-22(3)32(48)42-31/h6-14,20-23,25,31H,15-19H2,1-5H3,(H,38,49)(H,39,50)(H,40,46)(H,42,48)/t22-,23+,25-,31-/m0/s1. The van der Waals surface area contributed by atoms with Crippen molar-refractivity contribution in [2.24, 2.45) is 5.92 Å². The van der Waals surface area contributed by atoms with Crippen molar-refractivity contribution in [3.63, 3.8) is 0 Å². The lowest BCUT2D eigenvalue weighted by Crippen LogP contribution is -2.57. The number of hydrogen-bond acceptors (Lipinski definition) is 10. The number of thiazole rings is 1. The Morgan fingerprint density at radius 1 is 0.889 bits per heavy atom. The number of hydrogen-bond donors (Lipinski definition) is 4. The van der Waals surface area contributed by atoms with E-state index in [0.717, 1.165) is 16.9 Å². The van der Waals surface area contributed by atoms with Crippen LogP contribution in [0.25, 0.3) is 11.1 Å². The van der Waals surface area contributed by atoms with E-state index in [1.807, 2.05) is 30.3 Å². The fourth-order valence-electron chi connectivity index (χ4n) is 5.93. The Morgan fingerprint density at radius 2 is 1.59 bits per heavy atom. The highest BCUT2D eigenvalue weighted by molar-refractivity contribution is 7.09. The van der Waals surface area contributed by atoms with Crippen LogP contribution < -0.4 is 27.0 Å². The second kappa shape index (κ2) is 17.3. The van der Waals surface area contributed by atoms with Crippen molar-refractivity contribution in [3.8, 4) is 0 Å². The highest BCUT2D eigenvalue weighted by Gasteiger charge is 2.31. The van der Waals surface area contributed by atoms with Gasteiger partial charge in [-0.05, 0) is 43.9 Å². The van der Waals surface area contributed by atoms with E-state index in [2.05, 4.69) is 26.3 Å². The number of nitrogens with one attached hydrogen (secondary N) is 4. The summed E-state index contributed by atoms with van der Waals surface area (Å²) < 4.78 is 6.47. The van der Waals surface area contributed by atoms with Gasteiger partial charge in [-0.25, -0.2) is 9.78 Å². The van der Waals surface area contributed by atoms with Gasteiger partial charge in [0.2, 0.25) is 29.5 Å². The number of para-hydroxylation sites is 2. The maximum atomic E-state index is 13.9. The van der Waals surface area contributed by atoms with E-state index in [4.69, 9.17) is 4.42 Å². The number of aromatic nitrogens is 2. The minimum absolute atomic E-state index is 0.0240. The van der Waals surface area contributed by atoms with E-state index in [1.54, 1.807) is 38.1 Å². The molecule has 0 aliphatic carbocycles. The molecule has 4 atom stereocenters. The molecule has 0 fully saturated rings. The van der Waals surface area contributed by atoms with E-state index in [9.17, 15) is 33.6 Å². The Kier molecular flexibility index (Phi) is 12.6. The summed E-state index contributed by atoms with van der Waals surface area (Å²) in [7, 11) is 1.50. The first-order valence-electron chi connectivity index (χ1n) is 17.5. The molecule has 16 nitrogen and oxygen atoms in total. The fraction of sp³-hybridized carbons (Fsp3) is 0.405. The molecule has 6 amide bonds. The van der Waals surface area contributed by atoms with Gasteiger partial charge in [-0.1, -0.05) is 56.3 Å². The second-order valence-electron chi connectivity index (χ2n) is 13.5. The number of fused-ring (bicyclic) bond motifs is 3. The predicted octanol–water partition coefficient (Wildman–Crippen LogP) is 1.22. The smallest absolute Gasteiger partial charge is 0.408 e. The molecule has 3 heterocycles. The van der Waals surface area contributed by atoms with Crippen molar-refractivity contribution in [3.05, 3.63) is 86.8 Å². The van der Waals surface area contributed by atoms with E-state index in [0.29, 0.717) is 22.5 Å². The molecule has 4 aromatic rings. The largest absolute Gasteiger partial charge is 0.420 e. The summed E-state index contributed by atoms with van der Waals surface area (Å²) in [6.07, 6.45) is 0.303. The van der Waals surface area contributed by atoms with Gasteiger partial charge < -0.3 is 35.5 Å². The maximum absolute atomic E-state index is 13.9. The van der Waals surface area contributed by atoms with E-state index >= 15 is 0 Å². The highest BCUT2D eigenvalue weighted by Crippen LogP contribution is 2.23. The number of benzene rings is 2. The Morgan fingerprint density at radius 3 is 2.31 bits per heavy atom. The van der Waals surface area contributed by atoms with Crippen LogP contribution >= 0.6 is 11.3 Å². The van der Waals surface area contributed by atoms with Crippen molar-refractivity contribution in [2.45, 2.75) is 64.8 Å². The zero-order chi connectivity index (χ0) is 39.1. The third-order valence-electron chi connectivity index (χ3n) is 9.02. The summed E-state index contributed by atoms with van der Waals surface area (Å²) in [5, 5.41) is 12.8. The summed E-state index contributed by atoms with van der Waals surface area (Å²) >= 11 is 1.14. The number of carbonyl (C=O) groups is 6. The molecular formula is C37H44N8O8S. The van der Waals surface area contributed by atoms with Gasteiger partial charge >= 0.3 is 5.76 Å². The van der Waals surface area contributed by atoms with Gasteiger partial charge in [0.05, 0.1) is 18.1 Å². The molecule has 2 aromatic heterocycles. The SMILES string of the molecule is CC(C)[C@@H]1NC(=O)[C@H](C)NC(=O)c2csc(n2)[C@H](Cc2ccccc2)NC(=O)CN(C(=O)Cn2c(=O)oc3ccccc32)CCN(C)C(=O)[C@@H](C)NC1=O. The average Bonchev–Trinajstić information content (AvgIpc) is 3.76. The van der Waals surface area contributed by atoms with Crippen LogP contribution in [0.4, 0.5) is 0 Å². The third kappa shape index (κ3) is 9.57. The minimum atomic E-state index is -1.05. The lowest BCUT2D eigenvalue weighted by atomic mass is 10.0. The number of carbonyl (C=O) groups excluding carboxylic acids is 6. The van der Waals surface area contributed by atoms with E-state index in [-0.39, 0.29) is 24.7 Å². The molecule has 1 aliphatic heterocycles. The summed E-state index contributed by atoms with van der Waals surface area (Å²) in [5.74, 6) is -4.59. The summed E-state index contributed by atoms with van der Waals surface area (Å²) in [6.45, 7) is 5.43. The molecule has 2 bridgehead atoms. The van der Waals surface area contributed by atoms with Gasteiger partial charge in [-0.15, -0.1) is 11.3 Å². The lowest BCUT2D eigenvalue weighted by Gasteiger charge is -2.29. The summed E-state index contributed by atoms with van der Waals surface area (Å²) in [4.78, 5) is 101. The lowest BCUT2D eigenvalue weighted by molar-refractivity contribution is -0.139. The Labute approximate surface area is 315 Å². The van der Waals surface area contributed by atoms with Crippen molar-refractivity contribution in [1.29, 1.82) is 0 Å². The monoisotopic (exact) mass is 760 g/mol. The average molecular weight is 761 g/mol. The van der Waals surface area contributed by atoms with Crippen LogP contribution in [-0.4, -0.2) is 99.6 Å². The Bertz CT molecular complexity index is 2080. The number of likely N-dealkylation sites (N-methyl/N-ethyl adjacent to an activating group) is 1. The van der Waals surface area contributed by atoms with Crippen molar-refractivity contribution < 1.29 is 33.2 Å². The number of oxazole rings is 1. The van der Waals surface area contributed by atoms with Gasteiger partial charge in [0.15, 0.2) is 5.58 Å². The molecule has 5 rings (SSSR count). The van der Waals surface area contributed by atoms with Gasteiger partial charge in [0.1, 0.15) is 35.4 Å². The van der Waals surface area contributed by atoms with E-state index < -0.39 is 78.5 Å². The molecular weight excluding hydrogens is 717 g/mol. The molecule has 0 saturated carbocycles. The summed E-state index contributed by atoms with van der Waals surface area (Å²) in [6, 6.07) is 12.2. The molecule has 1 aliphatic rings. The van der Waals surface area contributed by atoms with Crippen LogP contribution in [0.2, 0.25) is 0 Å². The number of amides is 6. The number of rotatable bonds is 5. The molecule has 0 spiro atoms. The minimum Gasteiger partial charge on any atom is -0.408 e. The molecule has 0 radical (unpaired) electrons. The van der Waals surface area contributed by atoms with Gasteiger partial charge in [-0.3, -0.25) is 33.3 Å². The van der Waals surface area contributed by atoms with Crippen LogP contribution in [-0.2, 0) is 36.9 Å². The topological polar surface area (TPSA) is 205 Å². The molecule has 4 N–H and O–H groups in total. The van der Waals surface area contributed by atoms with E-state index in [1.165, 1.54) is 40.6 Å². The predicted molar refractivity (Wildman–Crippen MR) is 199 cm³/mol. The molecule has 0 saturated heterocycles. The first-order valence-corrected chi connectivity index (χ1v) is 18.4. The highest BCUT2D eigenvalue weighted by atomic mass is 32.1. The second-order valence-corrected chi connectivity index (χ2v) is 14.4. The van der Waals surface area contributed by atoms with Crippen molar-refractivity contribution in [1.82, 2.24) is 40.6 Å². The first-order chi connectivity index (χ1) is 25.7. The summed E-state index contributed by atoms with van der Waals surface area (Å²) in [5.41, 5.74) is 1.59. The van der Waals surface area contributed by atoms with Crippen LogP contribution in [0.3, 0.4) is 0 Å². The van der Waals surface area contributed by atoms with Gasteiger partial charge in [-0.2, -0.15) is 0 Å². The number of nitrogens with zero attached hydrogens (tertiary/aromatic N) is 4. The maximum Gasteiger partial charge on any atom is 0.420 e. The fourth-order valence-corrected chi connectivity index (χ4v) is 6.78. The molecule has 54 heavy (non-hydrogen) atoms. The molecule has 2 aromatic carbocycles. The van der Waals surface area contributed by atoms with Crippen molar-refractivity contribution >= 4 is 57.9 Å². The molecule has 17 heteroatoms. The molecule has 0 unspecified atom stereocenters.